The number of aliphatic hydroxyl groups is 1. The summed E-state index contributed by atoms with van der Waals surface area (Å²) in [6.07, 6.45) is 0.0420. The first kappa shape index (κ1) is 16.4. The molecule has 10 heteroatoms. The molecule has 2 N–H and O–H groups in total. The number of nitrogens with zero attached hydrogens (tertiary/aromatic N) is 4. The van der Waals surface area contributed by atoms with Gasteiger partial charge in [-0.25, -0.2) is 4.63 Å². The van der Waals surface area contributed by atoms with Gasteiger partial charge in [-0.2, -0.15) is 0 Å². The summed E-state index contributed by atoms with van der Waals surface area (Å²) >= 11 is 0. The number of morpholine rings is 1. The number of nitro groups is 1. The highest BCUT2D eigenvalue weighted by atomic mass is 16.6. The molecule has 2 unspecified atom stereocenters. The van der Waals surface area contributed by atoms with E-state index in [4.69, 9.17) is 14.5 Å². The fraction of sp³-hybridized carbons (Fsp3) is 0.571. The molecule has 0 saturated carbocycles. The number of ether oxygens (including phenoxy) is 1. The zero-order chi connectivity index (χ0) is 17.3. The van der Waals surface area contributed by atoms with E-state index in [1.807, 2.05) is 13.8 Å². The third-order valence-electron chi connectivity index (χ3n) is 3.86. The smallest absolute Gasteiger partial charge is 0.323 e. The van der Waals surface area contributed by atoms with Crippen molar-refractivity contribution in [1.82, 2.24) is 10.3 Å². The number of hydrogen-bond donors (Lipinski definition) is 2. The maximum atomic E-state index is 11.4. The number of fused-ring (bicyclic) bond motifs is 1. The van der Waals surface area contributed by atoms with Gasteiger partial charge in [0.1, 0.15) is 5.69 Å². The number of anilines is 2. The van der Waals surface area contributed by atoms with E-state index in [-0.39, 0.29) is 42.3 Å². The Bertz CT molecular complexity index is 738. The van der Waals surface area contributed by atoms with Gasteiger partial charge in [0.05, 0.1) is 29.4 Å². The van der Waals surface area contributed by atoms with Crippen molar-refractivity contribution in [2.45, 2.75) is 26.1 Å². The van der Waals surface area contributed by atoms with E-state index in [0.29, 0.717) is 24.3 Å². The Labute approximate surface area is 137 Å². The molecule has 0 amide bonds. The summed E-state index contributed by atoms with van der Waals surface area (Å²) in [6.45, 7) is 5.24. The predicted octanol–water partition coefficient (Wildman–Crippen LogP) is 1.15. The molecule has 1 fully saturated rings. The zero-order valence-electron chi connectivity index (χ0n) is 13.4. The van der Waals surface area contributed by atoms with Crippen molar-refractivity contribution in [3.63, 3.8) is 0 Å². The Morgan fingerprint density at radius 2 is 2.04 bits per heavy atom. The van der Waals surface area contributed by atoms with Crippen LogP contribution in [0.2, 0.25) is 0 Å². The summed E-state index contributed by atoms with van der Waals surface area (Å²) < 4.78 is 10.5. The first-order valence-electron chi connectivity index (χ1n) is 7.70. The second kappa shape index (κ2) is 6.57. The minimum absolute atomic E-state index is 0.0210. The SMILES string of the molecule is CC1CN(c2cc(NCCO)c([N+](=O)[O-])c3nonc23)CC(C)O1. The Morgan fingerprint density at radius 1 is 1.38 bits per heavy atom. The molecule has 3 rings (SSSR count). The fourth-order valence-electron chi connectivity index (χ4n) is 3.04. The molecular weight excluding hydrogens is 318 g/mol. The molecule has 1 aliphatic heterocycles. The maximum Gasteiger partial charge on any atom is 0.323 e. The molecule has 0 bridgehead atoms. The number of benzene rings is 1. The summed E-state index contributed by atoms with van der Waals surface area (Å²) in [5.41, 5.74) is 1.19. The van der Waals surface area contributed by atoms with E-state index in [0.717, 1.165) is 0 Å². The van der Waals surface area contributed by atoms with Crippen molar-refractivity contribution in [3.8, 4) is 0 Å². The molecule has 1 saturated heterocycles. The monoisotopic (exact) mass is 337 g/mol. The van der Waals surface area contributed by atoms with E-state index < -0.39 is 4.92 Å². The van der Waals surface area contributed by atoms with Crippen molar-refractivity contribution in [1.29, 1.82) is 0 Å². The van der Waals surface area contributed by atoms with Crippen molar-refractivity contribution >= 4 is 28.1 Å². The first-order valence-corrected chi connectivity index (χ1v) is 7.70. The molecule has 2 aromatic rings. The molecule has 0 radical (unpaired) electrons. The van der Waals surface area contributed by atoms with Crippen LogP contribution in [-0.2, 0) is 4.74 Å². The van der Waals surface area contributed by atoms with Crippen LogP contribution in [0.25, 0.3) is 11.0 Å². The van der Waals surface area contributed by atoms with Gasteiger partial charge in [0.15, 0.2) is 5.52 Å². The zero-order valence-corrected chi connectivity index (χ0v) is 13.4. The minimum atomic E-state index is -0.527. The second-order valence-electron chi connectivity index (χ2n) is 5.82. The van der Waals surface area contributed by atoms with Crippen LogP contribution in [0.3, 0.4) is 0 Å². The van der Waals surface area contributed by atoms with Crippen molar-refractivity contribution in [2.24, 2.45) is 0 Å². The van der Waals surface area contributed by atoms with Crippen molar-refractivity contribution in [2.75, 3.05) is 36.5 Å². The van der Waals surface area contributed by atoms with Crippen molar-refractivity contribution < 1.29 is 19.4 Å². The summed E-state index contributed by atoms with van der Waals surface area (Å²) in [5, 5.41) is 30.9. The average Bonchev–Trinajstić information content (AvgIpc) is 2.99. The maximum absolute atomic E-state index is 11.4. The second-order valence-corrected chi connectivity index (χ2v) is 5.82. The minimum Gasteiger partial charge on any atom is -0.395 e. The molecule has 2 atom stereocenters. The molecular formula is C14H19N5O5. The van der Waals surface area contributed by atoms with E-state index in [1.165, 1.54) is 0 Å². The van der Waals surface area contributed by atoms with Gasteiger partial charge in [0.2, 0.25) is 5.52 Å². The van der Waals surface area contributed by atoms with E-state index >= 15 is 0 Å². The topological polar surface area (TPSA) is 127 Å². The number of hydrogen-bond acceptors (Lipinski definition) is 9. The summed E-state index contributed by atoms with van der Waals surface area (Å²) in [6, 6.07) is 1.66. The largest absolute Gasteiger partial charge is 0.395 e. The van der Waals surface area contributed by atoms with Gasteiger partial charge in [0, 0.05) is 19.6 Å². The molecule has 2 heterocycles. The van der Waals surface area contributed by atoms with E-state index in [2.05, 4.69) is 20.5 Å². The lowest BCUT2D eigenvalue weighted by Gasteiger charge is -2.36. The standard InChI is InChI=1S/C14H19N5O5/c1-8-6-18(7-9(2)23-8)11-5-10(15-3-4-20)14(19(21)22)13-12(11)16-24-17-13/h5,8-9,15,20H,3-4,6-7H2,1-2H3. The van der Waals surface area contributed by atoms with Crippen LogP contribution in [-0.4, -0.2) is 58.8 Å². The summed E-state index contributed by atoms with van der Waals surface area (Å²) in [7, 11) is 0. The normalized spacial score (nSPS) is 21.2. The van der Waals surface area contributed by atoms with Gasteiger partial charge in [0.25, 0.3) is 0 Å². The Morgan fingerprint density at radius 3 is 2.67 bits per heavy atom. The number of nitrogens with one attached hydrogen (secondary N) is 1. The fourth-order valence-corrected chi connectivity index (χ4v) is 3.04. The van der Waals surface area contributed by atoms with E-state index in [1.54, 1.807) is 6.07 Å². The van der Waals surface area contributed by atoms with Gasteiger partial charge >= 0.3 is 5.69 Å². The summed E-state index contributed by atoms with van der Waals surface area (Å²) in [4.78, 5) is 13.0. The lowest BCUT2D eigenvalue weighted by molar-refractivity contribution is -0.382. The number of rotatable bonds is 5. The molecule has 10 nitrogen and oxygen atoms in total. The lowest BCUT2D eigenvalue weighted by atomic mass is 10.1. The predicted molar refractivity (Wildman–Crippen MR) is 86.3 cm³/mol. The van der Waals surface area contributed by atoms with Crippen LogP contribution >= 0.6 is 0 Å². The van der Waals surface area contributed by atoms with Crippen LogP contribution in [0, 0.1) is 10.1 Å². The third kappa shape index (κ3) is 2.97. The first-order chi connectivity index (χ1) is 11.5. The number of nitro benzene ring substituents is 1. The highest BCUT2D eigenvalue weighted by Crippen LogP contribution is 2.39. The van der Waals surface area contributed by atoms with Crippen LogP contribution in [0.5, 0.6) is 0 Å². The highest BCUT2D eigenvalue weighted by Gasteiger charge is 2.30. The van der Waals surface area contributed by atoms with Gasteiger partial charge in [-0.3, -0.25) is 10.1 Å². The molecule has 1 aliphatic rings. The van der Waals surface area contributed by atoms with Crippen LogP contribution in [0.1, 0.15) is 13.8 Å². The molecule has 1 aromatic heterocycles. The Hall–Kier alpha value is -2.46. The molecule has 0 spiro atoms. The molecule has 130 valence electrons. The van der Waals surface area contributed by atoms with Gasteiger partial charge in [-0.1, -0.05) is 0 Å². The number of aliphatic hydroxyl groups excluding tert-OH is 1. The number of aromatic nitrogens is 2. The third-order valence-corrected chi connectivity index (χ3v) is 3.86. The van der Waals surface area contributed by atoms with Crippen LogP contribution in [0.4, 0.5) is 17.1 Å². The van der Waals surface area contributed by atoms with Gasteiger partial charge in [-0.15, -0.1) is 0 Å². The quantitative estimate of drug-likeness (QED) is 0.610. The molecule has 0 aliphatic carbocycles. The average molecular weight is 337 g/mol. The Balaban J connectivity index is 2.12. The van der Waals surface area contributed by atoms with Gasteiger partial charge < -0.3 is 20.1 Å². The van der Waals surface area contributed by atoms with Crippen LogP contribution < -0.4 is 10.2 Å². The van der Waals surface area contributed by atoms with E-state index in [9.17, 15) is 10.1 Å². The van der Waals surface area contributed by atoms with Gasteiger partial charge in [-0.05, 0) is 30.2 Å². The highest BCUT2D eigenvalue weighted by molar-refractivity contribution is 5.99. The van der Waals surface area contributed by atoms with Crippen LogP contribution in [0.15, 0.2) is 10.7 Å². The Kier molecular flexibility index (Phi) is 4.49. The molecule has 24 heavy (non-hydrogen) atoms. The van der Waals surface area contributed by atoms with Crippen molar-refractivity contribution in [3.05, 3.63) is 16.2 Å². The molecule has 1 aromatic carbocycles. The lowest BCUT2D eigenvalue weighted by Crippen LogP contribution is -2.45. The summed E-state index contributed by atoms with van der Waals surface area (Å²) in [5.74, 6) is 0.